The maximum atomic E-state index is 12.0. The number of hydrogen-bond acceptors (Lipinski definition) is 3. The van der Waals surface area contributed by atoms with E-state index in [9.17, 15) is 4.79 Å². The number of hydrogen-bond donors (Lipinski definition) is 1. The van der Waals surface area contributed by atoms with Gasteiger partial charge in [-0.05, 0) is 26.2 Å². The van der Waals surface area contributed by atoms with E-state index in [1.54, 1.807) is 6.26 Å². The van der Waals surface area contributed by atoms with Crippen molar-refractivity contribution in [2.45, 2.75) is 46.0 Å². The summed E-state index contributed by atoms with van der Waals surface area (Å²) in [4.78, 5) is 16.1. The zero-order chi connectivity index (χ0) is 11.6. The molecule has 1 N–H and O–H groups in total. The van der Waals surface area contributed by atoms with Gasteiger partial charge in [-0.1, -0.05) is 19.8 Å². The zero-order valence-electron chi connectivity index (χ0n) is 9.88. The number of aryl methyl sites for hydroxylation is 1. The van der Waals surface area contributed by atoms with Crippen molar-refractivity contribution in [2.24, 2.45) is 5.41 Å². The molecule has 1 amide bonds. The van der Waals surface area contributed by atoms with Crippen LogP contribution in [0.25, 0.3) is 0 Å². The van der Waals surface area contributed by atoms with E-state index in [0.29, 0.717) is 6.01 Å². The van der Waals surface area contributed by atoms with Crippen LogP contribution in [0, 0.1) is 12.3 Å². The zero-order valence-corrected chi connectivity index (χ0v) is 9.88. The van der Waals surface area contributed by atoms with E-state index in [0.717, 1.165) is 37.8 Å². The number of nitrogens with one attached hydrogen (secondary N) is 1. The smallest absolute Gasteiger partial charge is 0.301 e. The van der Waals surface area contributed by atoms with Crippen molar-refractivity contribution < 1.29 is 9.21 Å². The average molecular weight is 222 g/mol. The van der Waals surface area contributed by atoms with Crippen LogP contribution in [0.3, 0.4) is 0 Å². The van der Waals surface area contributed by atoms with Crippen LogP contribution >= 0.6 is 0 Å². The molecule has 0 radical (unpaired) electrons. The van der Waals surface area contributed by atoms with Crippen LogP contribution in [0.1, 0.15) is 44.7 Å². The van der Waals surface area contributed by atoms with Crippen LogP contribution in [0.2, 0.25) is 0 Å². The fraction of sp³-hybridized carbons (Fsp3) is 0.667. The molecule has 2 rings (SSSR count). The number of amides is 1. The fourth-order valence-corrected chi connectivity index (χ4v) is 1.90. The van der Waals surface area contributed by atoms with Crippen molar-refractivity contribution in [1.29, 1.82) is 0 Å². The second-order valence-corrected chi connectivity index (χ2v) is 4.63. The van der Waals surface area contributed by atoms with Gasteiger partial charge < -0.3 is 4.42 Å². The monoisotopic (exact) mass is 222 g/mol. The van der Waals surface area contributed by atoms with Gasteiger partial charge in [0.1, 0.15) is 6.26 Å². The maximum absolute atomic E-state index is 12.0. The first kappa shape index (κ1) is 11.2. The molecular weight excluding hydrogens is 204 g/mol. The van der Waals surface area contributed by atoms with Crippen LogP contribution in [0.5, 0.6) is 0 Å². The Hall–Kier alpha value is -1.32. The highest BCUT2D eigenvalue weighted by Gasteiger charge is 2.49. The Bertz CT molecular complexity index is 380. The molecule has 0 spiro atoms. The third-order valence-electron chi connectivity index (χ3n) is 3.18. The lowest BCUT2D eigenvalue weighted by molar-refractivity contribution is -0.121. The van der Waals surface area contributed by atoms with Gasteiger partial charge in [0.05, 0.1) is 5.69 Å². The SMILES string of the molecule is CCCCC1(C(=O)Nc2nc(C)co2)CC1. The number of aromatic nitrogens is 1. The van der Waals surface area contributed by atoms with Gasteiger partial charge >= 0.3 is 6.01 Å². The Balaban J connectivity index is 1.93. The molecule has 0 saturated heterocycles. The highest BCUT2D eigenvalue weighted by Crippen LogP contribution is 2.50. The number of unbranched alkanes of at least 4 members (excludes halogenated alkanes) is 1. The molecule has 1 aromatic rings. The molecule has 1 aliphatic carbocycles. The van der Waals surface area contributed by atoms with Gasteiger partial charge in [0.25, 0.3) is 0 Å². The van der Waals surface area contributed by atoms with Gasteiger partial charge in [-0.25, -0.2) is 0 Å². The first-order valence-electron chi connectivity index (χ1n) is 5.90. The number of rotatable bonds is 5. The average Bonchev–Trinajstić information content (AvgIpc) is 2.95. The first-order valence-corrected chi connectivity index (χ1v) is 5.90. The molecule has 1 saturated carbocycles. The molecule has 1 heterocycles. The molecule has 0 aliphatic heterocycles. The molecule has 16 heavy (non-hydrogen) atoms. The van der Waals surface area contributed by atoms with Crippen molar-refractivity contribution in [1.82, 2.24) is 4.98 Å². The van der Waals surface area contributed by atoms with Crippen LogP contribution in [0.15, 0.2) is 10.7 Å². The van der Waals surface area contributed by atoms with Crippen molar-refractivity contribution in [2.75, 3.05) is 5.32 Å². The van der Waals surface area contributed by atoms with Crippen LogP contribution in [0.4, 0.5) is 6.01 Å². The van der Waals surface area contributed by atoms with Gasteiger partial charge in [-0.2, -0.15) is 4.98 Å². The number of nitrogens with zero attached hydrogens (tertiary/aromatic N) is 1. The minimum absolute atomic E-state index is 0.0720. The van der Waals surface area contributed by atoms with Gasteiger partial charge in [0.15, 0.2) is 0 Å². The standard InChI is InChI=1S/C12H18N2O2/c1-3-4-5-12(6-7-12)10(15)14-11-13-9(2)8-16-11/h8H,3-7H2,1-2H3,(H,13,14,15). The van der Waals surface area contributed by atoms with Gasteiger partial charge in [0.2, 0.25) is 5.91 Å². The maximum Gasteiger partial charge on any atom is 0.301 e. The largest absolute Gasteiger partial charge is 0.432 e. The van der Waals surface area contributed by atoms with E-state index >= 15 is 0 Å². The van der Waals surface area contributed by atoms with E-state index in [1.165, 1.54) is 0 Å². The van der Waals surface area contributed by atoms with E-state index < -0.39 is 0 Å². The quantitative estimate of drug-likeness (QED) is 0.833. The summed E-state index contributed by atoms with van der Waals surface area (Å²) in [5.41, 5.74) is 0.659. The second kappa shape index (κ2) is 4.28. The number of oxazole rings is 1. The minimum Gasteiger partial charge on any atom is -0.432 e. The van der Waals surface area contributed by atoms with Gasteiger partial charge in [0, 0.05) is 5.41 Å². The number of carbonyl (C=O) groups is 1. The predicted molar refractivity (Wildman–Crippen MR) is 61.1 cm³/mol. The molecule has 1 fully saturated rings. The number of anilines is 1. The van der Waals surface area contributed by atoms with Crippen molar-refractivity contribution in [3.8, 4) is 0 Å². The van der Waals surface area contributed by atoms with Crippen LogP contribution < -0.4 is 5.32 Å². The third kappa shape index (κ3) is 2.26. The van der Waals surface area contributed by atoms with E-state index in [-0.39, 0.29) is 11.3 Å². The summed E-state index contributed by atoms with van der Waals surface area (Å²) in [6.07, 6.45) is 6.76. The molecular formula is C12H18N2O2. The Morgan fingerprint density at radius 2 is 2.38 bits per heavy atom. The Morgan fingerprint density at radius 1 is 1.62 bits per heavy atom. The Labute approximate surface area is 95.4 Å². The highest BCUT2D eigenvalue weighted by molar-refractivity contribution is 5.95. The van der Waals surface area contributed by atoms with Crippen molar-refractivity contribution in [3.63, 3.8) is 0 Å². The summed E-state index contributed by atoms with van der Waals surface area (Å²) in [7, 11) is 0. The lowest BCUT2D eigenvalue weighted by atomic mass is 9.98. The summed E-state index contributed by atoms with van der Waals surface area (Å²) in [5, 5.41) is 2.76. The van der Waals surface area contributed by atoms with E-state index in [4.69, 9.17) is 4.42 Å². The number of carbonyl (C=O) groups excluding carboxylic acids is 1. The molecule has 0 atom stereocenters. The minimum atomic E-state index is -0.127. The molecule has 4 heteroatoms. The molecule has 88 valence electrons. The van der Waals surface area contributed by atoms with Crippen LogP contribution in [-0.4, -0.2) is 10.9 Å². The van der Waals surface area contributed by atoms with Gasteiger partial charge in [-0.15, -0.1) is 0 Å². The molecule has 1 aromatic heterocycles. The predicted octanol–water partition coefficient (Wildman–Crippen LogP) is 2.89. The lowest BCUT2D eigenvalue weighted by Crippen LogP contribution is -2.24. The molecule has 4 nitrogen and oxygen atoms in total. The van der Waals surface area contributed by atoms with Gasteiger partial charge in [-0.3, -0.25) is 10.1 Å². The topological polar surface area (TPSA) is 55.1 Å². The third-order valence-corrected chi connectivity index (χ3v) is 3.18. The Morgan fingerprint density at radius 3 is 2.88 bits per heavy atom. The Kier molecular flexibility index (Phi) is 2.99. The molecule has 0 unspecified atom stereocenters. The van der Waals surface area contributed by atoms with E-state index in [1.807, 2.05) is 6.92 Å². The van der Waals surface area contributed by atoms with Crippen molar-refractivity contribution >= 4 is 11.9 Å². The fourth-order valence-electron chi connectivity index (χ4n) is 1.90. The molecule has 0 bridgehead atoms. The summed E-state index contributed by atoms with van der Waals surface area (Å²) in [6.45, 7) is 3.98. The first-order chi connectivity index (χ1) is 7.66. The summed E-state index contributed by atoms with van der Waals surface area (Å²) < 4.78 is 5.12. The lowest BCUT2D eigenvalue weighted by Gasteiger charge is -2.12. The highest BCUT2D eigenvalue weighted by atomic mass is 16.4. The summed E-state index contributed by atoms with van der Waals surface area (Å²) in [6, 6.07) is 0.324. The molecule has 0 aromatic carbocycles. The van der Waals surface area contributed by atoms with E-state index in [2.05, 4.69) is 17.2 Å². The second-order valence-electron chi connectivity index (χ2n) is 4.63. The molecule has 1 aliphatic rings. The van der Waals surface area contributed by atoms with Crippen LogP contribution in [-0.2, 0) is 4.79 Å². The van der Waals surface area contributed by atoms with Crippen molar-refractivity contribution in [3.05, 3.63) is 12.0 Å². The summed E-state index contributed by atoms with van der Waals surface area (Å²) >= 11 is 0. The normalized spacial score (nSPS) is 17.1. The summed E-state index contributed by atoms with van der Waals surface area (Å²) in [5.74, 6) is 0.0720.